The third-order valence-corrected chi connectivity index (χ3v) is 2.63. The summed E-state index contributed by atoms with van der Waals surface area (Å²) < 4.78 is 7.37. The molecule has 0 radical (unpaired) electrons. The van der Waals surface area contributed by atoms with Gasteiger partial charge in [-0.25, -0.2) is 0 Å². The number of fused-ring (bicyclic) bond motifs is 1. The van der Waals surface area contributed by atoms with Crippen LogP contribution in [-0.4, -0.2) is 11.7 Å². The Kier molecular flexibility index (Phi) is 2.64. The number of nitrogen functional groups attached to an aromatic ring is 1. The van der Waals surface area contributed by atoms with Crippen LogP contribution >= 0.6 is 0 Å². The summed E-state index contributed by atoms with van der Waals surface area (Å²) in [5, 5.41) is 1.23. The molecule has 0 saturated heterocycles. The number of aryl methyl sites for hydroxylation is 1. The molecule has 0 bridgehead atoms. The minimum Gasteiger partial charge on any atom is -0.399 e. The van der Waals surface area contributed by atoms with Crippen LogP contribution in [0.5, 0.6) is 0 Å². The van der Waals surface area contributed by atoms with Gasteiger partial charge in [0.2, 0.25) is 0 Å². The van der Waals surface area contributed by atoms with Crippen LogP contribution < -0.4 is 5.73 Å². The van der Waals surface area contributed by atoms with Crippen molar-refractivity contribution < 1.29 is 4.74 Å². The number of methoxy groups -OCH3 is 1. The molecule has 2 N–H and O–H groups in total. The van der Waals surface area contributed by atoms with Crippen molar-refractivity contribution in [1.82, 2.24) is 4.57 Å². The lowest BCUT2D eigenvalue weighted by atomic mass is 10.2. The third kappa shape index (κ3) is 1.70. The molecule has 15 heavy (non-hydrogen) atoms. The van der Waals surface area contributed by atoms with Gasteiger partial charge in [-0.3, -0.25) is 0 Å². The van der Waals surface area contributed by atoms with Crippen LogP contribution in [0.4, 0.5) is 5.69 Å². The molecule has 3 heteroatoms. The Bertz CT molecular complexity index is 474. The van der Waals surface area contributed by atoms with Crippen molar-refractivity contribution >= 4 is 16.6 Å². The summed E-state index contributed by atoms with van der Waals surface area (Å²) in [6.45, 7) is 3.72. The van der Waals surface area contributed by atoms with Gasteiger partial charge in [0.15, 0.2) is 0 Å². The molecule has 2 aromatic rings. The van der Waals surface area contributed by atoms with E-state index in [-0.39, 0.29) is 0 Å². The van der Waals surface area contributed by atoms with E-state index < -0.39 is 0 Å². The van der Waals surface area contributed by atoms with Crippen molar-refractivity contribution in [3.63, 3.8) is 0 Å². The molecule has 0 fully saturated rings. The summed E-state index contributed by atoms with van der Waals surface area (Å²) >= 11 is 0. The molecular weight excluding hydrogens is 188 g/mol. The minimum absolute atomic E-state index is 0.646. The average Bonchev–Trinajstić information content (AvgIpc) is 2.56. The van der Waals surface area contributed by atoms with Gasteiger partial charge in [0.25, 0.3) is 0 Å². The van der Waals surface area contributed by atoms with Gasteiger partial charge < -0.3 is 15.0 Å². The quantitative estimate of drug-likeness (QED) is 0.780. The van der Waals surface area contributed by atoms with E-state index in [0.29, 0.717) is 6.61 Å². The summed E-state index contributed by atoms with van der Waals surface area (Å²) in [4.78, 5) is 0. The molecule has 0 aliphatic rings. The van der Waals surface area contributed by atoms with Crippen LogP contribution in [0.3, 0.4) is 0 Å². The molecule has 0 amide bonds. The van der Waals surface area contributed by atoms with Crippen LogP contribution in [0.1, 0.15) is 12.5 Å². The highest BCUT2D eigenvalue weighted by Gasteiger charge is 2.07. The second-order valence-corrected chi connectivity index (χ2v) is 3.65. The van der Waals surface area contributed by atoms with Gasteiger partial charge in [-0.15, -0.1) is 0 Å². The largest absolute Gasteiger partial charge is 0.399 e. The number of ether oxygens (including phenoxy) is 1. The predicted octanol–water partition coefficient (Wildman–Crippen LogP) is 2.39. The van der Waals surface area contributed by atoms with Crippen molar-refractivity contribution in [2.75, 3.05) is 12.8 Å². The molecule has 0 saturated carbocycles. The lowest BCUT2D eigenvalue weighted by Crippen LogP contribution is -1.91. The molecule has 2 rings (SSSR count). The Hall–Kier alpha value is -1.48. The maximum atomic E-state index is 5.79. The van der Waals surface area contributed by atoms with Gasteiger partial charge in [-0.1, -0.05) is 6.07 Å². The molecule has 0 aliphatic carbocycles. The van der Waals surface area contributed by atoms with E-state index in [2.05, 4.69) is 23.8 Å². The Morgan fingerprint density at radius 2 is 2.20 bits per heavy atom. The van der Waals surface area contributed by atoms with E-state index in [1.807, 2.05) is 12.1 Å². The Labute approximate surface area is 89.4 Å². The second kappa shape index (κ2) is 3.95. The predicted molar refractivity (Wildman–Crippen MR) is 62.7 cm³/mol. The summed E-state index contributed by atoms with van der Waals surface area (Å²) in [6.07, 6.45) is 2.13. The minimum atomic E-state index is 0.646. The fourth-order valence-corrected chi connectivity index (χ4v) is 1.92. The number of rotatable bonds is 3. The summed E-state index contributed by atoms with van der Waals surface area (Å²) in [6, 6.07) is 6.00. The fraction of sp³-hybridized carbons (Fsp3) is 0.333. The van der Waals surface area contributed by atoms with Crippen molar-refractivity contribution in [2.45, 2.75) is 20.1 Å². The average molecular weight is 204 g/mol. The van der Waals surface area contributed by atoms with Crippen LogP contribution in [0, 0.1) is 0 Å². The first kappa shape index (κ1) is 10.1. The van der Waals surface area contributed by atoms with E-state index in [1.54, 1.807) is 7.11 Å². The lowest BCUT2D eigenvalue weighted by Gasteiger charge is -2.00. The maximum Gasteiger partial charge on any atom is 0.0733 e. The van der Waals surface area contributed by atoms with E-state index in [1.165, 1.54) is 16.5 Å². The second-order valence-electron chi connectivity index (χ2n) is 3.65. The van der Waals surface area contributed by atoms with Crippen molar-refractivity contribution in [3.8, 4) is 0 Å². The SMILES string of the molecule is CCn1cc(COC)c2ccc(N)cc21. The summed E-state index contributed by atoms with van der Waals surface area (Å²) in [5.41, 5.74) is 8.99. The smallest absolute Gasteiger partial charge is 0.0733 e. The zero-order valence-corrected chi connectivity index (χ0v) is 9.16. The number of nitrogens with two attached hydrogens (primary N) is 1. The van der Waals surface area contributed by atoms with E-state index >= 15 is 0 Å². The lowest BCUT2D eigenvalue weighted by molar-refractivity contribution is 0.186. The molecule has 0 spiro atoms. The first-order valence-electron chi connectivity index (χ1n) is 5.12. The first-order chi connectivity index (χ1) is 7.26. The number of aromatic nitrogens is 1. The van der Waals surface area contributed by atoms with Gasteiger partial charge in [0.05, 0.1) is 12.1 Å². The topological polar surface area (TPSA) is 40.2 Å². The third-order valence-electron chi connectivity index (χ3n) is 2.63. The molecule has 1 heterocycles. The van der Waals surface area contributed by atoms with Crippen molar-refractivity contribution in [1.29, 1.82) is 0 Å². The number of hydrogen-bond donors (Lipinski definition) is 1. The Morgan fingerprint density at radius 1 is 1.40 bits per heavy atom. The van der Waals surface area contributed by atoms with E-state index in [4.69, 9.17) is 10.5 Å². The Morgan fingerprint density at radius 3 is 2.87 bits per heavy atom. The monoisotopic (exact) mass is 204 g/mol. The van der Waals surface area contributed by atoms with Crippen LogP contribution in [0.25, 0.3) is 10.9 Å². The standard InChI is InChI=1S/C12H16N2O/c1-3-14-7-9(8-15-2)11-5-4-10(13)6-12(11)14/h4-7H,3,8,13H2,1-2H3. The number of benzene rings is 1. The van der Waals surface area contributed by atoms with Gasteiger partial charge in [-0.05, 0) is 19.1 Å². The highest BCUT2D eigenvalue weighted by atomic mass is 16.5. The molecule has 80 valence electrons. The molecule has 0 aliphatic heterocycles. The van der Waals surface area contributed by atoms with Gasteiger partial charge in [0.1, 0.15) is 0 Å². The van der Waals surface area contributed by atoms with Crippen LogP contribution in [0.15, 0.2) is 24.4 Å². The van der Waals surface area contributed by atoms with Crippen molar-refractivity contribution in [2.24, 2.45) is 0 Å². The summed E-state index contributed by atoms with van der Waals surface area (Å²) in [5.74, 6) is 0. The fourth-order valence-electron chi connectivity index (χ4n) is 1.92. The van der Waals surface area contributed by atoms with Crippen molar-refractivity contribution in [3.05, 3.63) is 30.0 Å². The molecule has 0 unspecified atom stereocenters. The van der Waals surface area contributed by atoms with E-state index in [9.17, 15) is 0 Å². The van der Waals surface area contributed by atoms with Crippen LogP contribution in [0.2, 0.25) is 0 Å². The highest BCUT2D eigenvalue weighted by Crippen LogP contribution is 2.24. The normalized spacial score (nSPS) is 11.1. The van der Waals surface area contributed by atoms with Crippen LogP contribution in [-0.2, 0) is 17.9 Å². The molecule has 1 aromatic heterocycles. The molecule has 3 nitrogen and oxygen atoms in total. The van der Waals surface area contributed by atoms with Gasteiger partial charge in [-0.2, -0.15) is 0 Å². The van der Waals surface area contributed by atoms with Gasteiger partial charge in [0, 0.05) is 36.5 Å². The number of nitrogens with zero attached hydrogens (tertiary/aromatic N) is 1. The molecule has 0 atom stereocenters. The molecular formula is C12H16N2O. The zero-order valence-electron chi connectivity index (χ0n) is 9.16. The van der Waals surface area contributed by atoms with E-state index in [0.717, 1.165) is 12.2 Å². The van der Waals surface area contributed by atoms with Gasteiger partial charge >= 0.3 is 0 Å². The summed E-state index contributed by atoms with van der Waals surface area (Å²) in [7, 11) is 1.71. The zero-order chi connectivity index (χ0) is 10.8. The number of anilines is 1. The molecule has 1 aromatic carbocycles. The number of hydrogen-bond acceptors (Lipinski definition) is 2. The highest BCUT2D eigenvalue weighted by molar-refractivity contribution is 5.86. The Balaban J connectivity index is 2.64. The first-order valence-corrected chi connectivity index (χ1v) is 5.12. The maximum absolute atomic E-state index is 5.79.